The predicted molar refractivity (Wildman–Crippen MR) is 115 cm³/mol. The normalized spacial score (nSPS) is 29.0. The van der Waals surface area contributed by atoms with Crippen molar-refractivity contribution < 1.29 is 4.39 Å². The summed E-state index contributed by atoms with van der Waals surface area (Å²) in [5.74, 6) is 3.20. The minimum Gasteiger partial charge on any atom is -0.205 e. The van der Waals surface area contributed by atoms with Crippen molar-refractivity contribution in [2.45, 2.75) is 103 Å². The highest BCUT2D eigenvalue weighted by Gasteiger charge is 2.25. The highest BCUT2D eigenvalue weighted by molar-refractivity contribution is 6.30. The lowest BCUT2D eigenvalue weighted by Gasteiger charge is -2.32. The molecular formula is C25H38ClF. The van der Waals surface area contributed by atoms with Crippen LogP contribution in [0.2, 0.25) is 5.02 Å². The topological polar surface area (TPSA) is 0 Å². The molecular weight excluding hydrogens is 355 g/mol. The Hall–Kier alpha value is -0.560. The first-order valence-corrected chi connectivity index (χ1v) is 12.0. The molecule has 3 rings (SSSR count). The van der Waals surface area contributed by atoms with Gasteiger partial charge in [-0.15, -0.1) is 0 Å². The van der Waals surface area contributed by atoms with E-state index < -0.39 is 0 Å². The van der Waals surface area contributed by atoms with Crippen LogP contribution in [0, 0.1) is 23.6 Å². The van der Waals surface area contributed by atoms with E-state index >= 15 is 0 Å². The highest BCUT2D eigenvalue weighted by atomic mass is 35.5. The Morgan fingerprint density at radius 2 is 1.37 bits per heavy atom. The summed E-state index contributed by atoms with van der Waals surface area (Å²) in [7, 11) is 0. The maximum atomic E-state index is 13.7. The monoisotopic (exact) mass is 392 g/mol. The molecule has 27 heavy (non-hydrogen) atoms. The number of unbranched alkanes of at least 4 members (excludes halogenated alkanes) is 2. The first-order valence-electron chi connectivity index (χ1n) is 11.6. The Balaban J connectivity index is 1.32. The number of benzene rings is 1. The molecule has 2 fully saturated rings. The molecule has 2 saturated carbocycles. The summed E-state index contributed by atoms with van der Waals surface area (Å²) in [6.07, 6.45) is 19.6. The Morgan fingerprint density at radius 3 is 1.93 bits per heavy atom. The molecule has 1 aromatic rings. The summed E-state index contributed by atoms with van der Waals surface area (Å²) in [4.78, 5) is 0. The maximum Gasteiger partial charge on any atom is 0.142 e. The van der Waals surface area contributed by atoms with Gasteiger partial charge in [-0.25, -0.2) is 4.39 Å². The number of hydrogen-bond donors (Lipinski definition) is 0. The van der Waals surface area contributed by atoms with Crippen LogP contribution in [-0.2, 0) is 0 Å². The zero-order valence-electron chi connectivity index (χ0n) is 17.2. The van der Waals surface area contributed by atoms with Gasteiger partial charge in [-0.2, -0.15) is 0 Å². The molecule has 1 aromatic carbocycles. The number of halogens is 2. The zero-order valence-corrected chi connectivity index (χ0v) is 18.0. The lowest BCUT2D eigenvalue weighted by Crippen LogP contribution is -2.18. The minimum atomic E-state index is -0.262. The molecule has 0 atom stereocenters. The van der Waals surface area contributed by atoms with Gasteiger partial charge in [0.15, 0.2) is 0 Å². The largest absolute Gasteiger partial charge is 0.205 e. The van der Waals surface area contributed by atoms with Crippen molar-refractivity contribution in [1.82, 2.24) is 0 Å². The summed E-state index contributed by atoms with van der Waals surface area (Å²) < 4.78 is 13.7. The Morgan fingerprint density at radius 1 is 0.815 bits per heavy atom. The van der Waals surface area contributed by atoms with Gasteiger partial charge in [0.1, 0.15) is 5.82 Å². The van der Waals surface area contributed by atoms with E-state index in [2.05, 4.69) is 6.92 Å². The van der Waals surface area contributed by atoms with Crippen LogP contribution >= 0.6 is 11.6 Å². The van der Waals surface area contributed by atoms with E-state index in [-0.39, 0.29) is 10.8 Å². The lowest BCUT2D eigenvalue weighted by molar-refractivity contribution is 0.222. The molecule has 0 aliphatic heterocycles. The van der Waals surface area contributed by atoms with Crippen LogP contribution in [0.3, 0.4) is 0 Å². The third-order valence-electron chi connectivity index (χ3n) is 7.43. The van der Waals surface area contributed by atoms with Crippen molar-refractivity contribution in [3.63, 3.8) is 0 Å². The molecule has 0 N–H and O–H groups in total. The van der Waals surface area contributed by atoms with Gasteiger partial charge in [-0.3, -0.25) is 0 Å². The second kappa shape index (κ2) is 10.8. The van der Waals surface area contributed by atoms with Crippen molar-refractivity contribution in [2.75, 3.05) is 0 Å². The van der Waals surface area contributed by atoms with Gasteiger partial charge in [0.25, 0.3) is 0 Å². The molecule has 0 aromatic heterocycles. The quantitative estimate of drug-likeness (QED) is 0.387. The van der Waals surface area contributed by atoms with E-state index in [0.717, 1.165) is 23.3 Å². The SMILES string of the molecule is CCCCCC1CCC(CCC2CCC(c3ccc(Cl)c(F)c3)CC2)CC1. The average molecular weight is 393 g/mol. The van der Waals surface area contributed by atoms with Gasteiger partial charge in [0.05, 0.1) is 5.02 Å². The number of rotatable bonds is 8. The fourth-order valence-corrected chi connectivity index (χ4v) is 5.63. The van der Waals surface area contributed by atoms with Gasteiger partial charge in [0, 0.05) is 0 Å². The van der Waals surface area contributed by atoms with Crippen LogP contribution < -0.4 is 0 Å². The molecule has 2 heteroatoms. The first kappa shape index (κ1) is 21.2. The van der Waals surface area contributed by atoms with Crippen LogP contribution in [0.5, 0.6) is 0 Å². The average Bonchev–Trinajstić information content (AvgIpc) is 2.70. The maximum absolute atomic E-state index is 13.7. The third kappa shape index (κ3) is 6.48. The molecule has 0 saturated heterocycles. The fourth-order valence-electron chi connectivity index (χ4n) is 5.51. The second-order valence-electron chi connectivity index (χ2n) is 9.35. The van der Waals surface area contributed by atoms with Gasteiger partial charge in [0.2, 0.25) is 0 Å². The Kier molecular flexibility index (Phi) is 8.49. The zero-order chi connectivity index (χ0) is 19.1. The van der Waals surface area contributed by atoms with E-state index in [4.69, 9.17) is 11.6 Å². The van der Waals surface area contributed by atoms with Crippen molar-refractivity contribution in [3.8, 4) is 0 Å². The highest BCUT2D eigenvalue weighted by Crippen LogP contribution is 2.40. The molecule has 0 unspecified atom stereocenters. The molecule has 152 valence electrons. The van der Waals surface area contributed by atoms with E-state index in [0.29, 0.717) is 5.92 Å². The molecule has 2 aliphatic rings. The molecule has 0 spiro atoms. The van der Waals surface area contributed by atoms with Crippen LogP contribution in [0.4, 0.5) is 4.39 Å². The molecule has 0 amide bonds. The van der Waals surface area contributed by atoms with E-state index in [1.54, 1.807) is 12.1 Å². The molecule has 0 heterocycles. The second-order valence-corrected chi connectivity index (χ2v) is 9.76. The summed E-state index contributed by atoms with van der Waals surface area (Å²) in [6.45, 7) is 2.30. The minimum absolute atomic E-state index is 0.243. The van der Waals surface area contributed by atoms with E-state index in [1.165, 1.54) is 89.9 Å². The molecule has 0 radical (unpaired) electrons. The summed E-state index contributed by atoms with van der Waals surface area (Å²) in [5.41, 5.74) is 1.15. The van der Waals surface area contributed by atoms with Crippen molar-refractivity contribution in [2.24, 2.45) is 17.8 Å². The van der Waals surface area contributed by atoms with Gasteiger partial charge in [-0.1, -0.05) is 88.8 Å². The Bertz CT molecular complexity index is 553. The van der Waals surface area contributed by atoms with Gasteiger partial charge >= 0.3 is 0 Å². The van der Waals surface area contributed by atoms with Gasteiger partial charge < -0.3 is 0 Å². The van der Waals surface area contributed by atoms with Crippen LogP contribution in [0.1, 0.15) is 108 Å². The molecule has 0 bridgehead atoms. The van der Waals surface area contributed by atoms with Crippen LogP contribution in [-0.4, -0.2) is 0 Å². The molecule has 2 aliphatic carbocycles. The van der Waals surface area contributed by atoms with Gasteiger partial charge in [-0.05, 0) is 67.1 Å². The molecule has 0 nitrogen and oxygen atoms in total. The lowest BCUT2D eigenvalue weighted by atomic mass is 9.74. The standard InChI is InChI=1S/C25H38ClF/c1-2-3-4-5-19-6-8-20(9-7-19)10-11-21-12-14-22(15-13-21)23-16-17-24(26)25(27)18-23/h16-22H,2-15H2,1H3. The van der Waals surface area contributed by atoms with Crippen LogP contribution in [0.25, 0.3) is 0 Å². The summed E-state index contributed by atoms with van der Waals surface area (Å²) >= 11 is 5.82. The number of hydrogen-bond acceptors (Lipinski definition) is 0. The van der Waals surface area contributed by atoms with Crippen molar-refractivity contribution >= 4 is 11.6 Å². The van der Waals surface area contributed by atoms with Crippen LogP contribution in [0.15, 0.2) is 18.2 Å². The fraction of sp³-hybridized carbons (Fsp3) is 0.760. The summed E-state index contributed by atoms with van der Waals surface area (Å²) in [6, 6.07) is 5.40. The third-order valence-corrected chi connectivity index (χ3v) is 7.73. The van der Waals surface area contributed by atoms with Crippen molar-refractivity contribution in [1.29, 1.82) is 0 Å². The smallest absolute Gasteiger partial charge is 0.142 e. The summed E-state index contributed by atoms with van der Waals surface area (Å²) in [5, 5.41) is 0.243. The van der Waals surface area contributed by atoms with E-state index in [1.807, 2.05) is 6.07 Å². The van der Waals surface area contributed by atoms with Crippen molar-refractivity contribution in [3.05, 3.63) is 34.6 Å². The predicted octanol–water partition coefficient (Wildman–Crippen LogP) is 8.92. The Labute approximate surface area is 171 Å². The first-order chi connectivity index (χ1) is 13.2. The van der Waals surface area contributed by atoms with E-state index in [9.17, 15) is 4.39 Å².